The Morgan fingerprint density at radius 3 is 3.12 bits per heavy atom. The van der Waals surface area contributed by atoms with E-state index in [0.717, 1.165) is 22.2 Å². The van der Waals surface area contributed by atoms with Crippen LogP contribution >= 0.6 is 0 Å². The van der Waals surface area contributed by atoms with Gasteiger partial charge in [0.25, 0.3) is 0 Å². The van der Waals surface area contributed by atoms with Crippen LogP contribution in [0.25, 0.3) is 10.9 Å². The van der Waals surface area contributed by atoms with Gasteiger partial charge in [-0.3, -0.25) is 5.10 Å². The van der Waals surface area contributed by atoms with E-state index in [1.165, 1.54) is 0 Å². The second kappa shape index (κ2) is 3.97. The Kier molecular flexibility index (Phi) is 2.33. The maximum Gasteiger partial charge on any atom is 0.0955 e. The van der Waals surface area contributed by atoms with E-state index >= 15 is 0 Å². The fourth-order valence-corrected chi connectivity index (χ4v) is 1.89. The van der Waals surface area contributed by atoms with Crippen LogP contribution in [0, 0.1) is 0 Å². The molecule has 1 unspecified atom stereocenters. The van der Waals surface area contributed by atoms with Crippen molar-refractivity contribution in [3.05, 3.63) is 48.6 Å². The zero-order valence-corrected chi connectivity index (χ0v) is 9.47. The van der Waals surface area contributed by atoms with Crippen molar-refractivity contribution in [1.82, 2.24) is 10.2 Å². The van der Waals surface area contributed by atoms with Crippen molar-refractivity contribution in [2.24, 2.45) is 0 Å². The molecule has 0 aliphatic carbocycles. The normalized spacial score (nSPS) is 12.8. The molecule has 0 bridgehead atoms. The number of nitrogens with one attached hydrogen (secondary N) is 2. The Hall–Kier alpha value is -2.23. The molecule has 2 heterocycles. The number of anilines is 1. The van der Waals surface area contributed by atoms with Gasteiger partial charge in [-0.25, -0.2) is 0 Å². The number of H-pyrrole nitrogens is 1. The van der Waals surface area contributed by atoms with E-state index in [-0.39, 0.29) is 6.04 Å². The highest BCUT2D eigenvalue weighted by Gasteiger charge is 2.06. The molecule has 4 nitrogen and oxygen atoms in total. The summed E-state index contributed by atoms with van der Waals surface area (Å²) >= 11 is 0. The molecule has 0 fully saturated rings. The average Bonchev–Trinajstić information content (AvgIpc) is 2.99. The summed E-state index contributed by atoms with van der Waals surface area (Å²) in [5.74, 6) is 0. The van der Waals surface area contributed by atoms with Gasteiger partial charge in [0.2, 0.25) is 0 Å². The first-order valence-corrected chi connectivity index (χ1v) is 5.55. The number of aromatic amines is 1. The van der Waals surface area contributed by atoms with E-state index in [4.69, 9.17) is 4.42 Å². The van der Waals surface area contributed by atoms with E-state index in [9.17, 15) is 0 Å². The first-order valence-electron chi connectivity index (χ1n) is 5.55. The number of hydrogen-bond acceptors (Lipinski definition) is 3. The molecule has 2 aromatic heterocycles. The Morgan fingerprint density at radius 1 is 1.35 bits per heavy atom. The molecular formula is C13H13N3O. The summed E-state index contributed by atoms with van der Waals surface area (Å²) in [7, 11) is 0. The molecule has 0 saturated heterocycles. The van der Waals surface area contributed by atoms with Gasteiger partial charge in [0, 0.05) is 16.6 Å². The largest absolute Gasteiger partial charge is 0.472 e. The monoisotopic (exact) mass is 227 g/mol. The van der Waals surface area contributed by atoms with Crippen LogP contribution in [0.15, 0.2) is 47.4 Å². The lowest BCUT2D eigenvalue weighted by molar-refractivity contribution is 0.562. The maximum atomic E-state index is 5.08. The van der Waals surface area contributed by atoms with Gasteiger partial charge >= 0.3 is 0 Å². The fraction of sp³-hybridized carbons (Fsp3) is 0.154. The third-order valence-electron chi connectivity index (χ3n) is 2.87. The molecule has 0 aliphatic heterocycles. The lowest BCUT2D eigenvalue weighted by Gasteiger charge is -2.13. The molecule has 2 N–H and O–H groups in total. The van der Waals surface area contributed by atoms with Gasteiger partial charge in [-0.05, 0) is 31.2 Å². The second-order valence-electron chi connectivity index (χ2n) is 4.09. The molecule has 0 amide bonds. The smallest absolute Gasteiger partial charge is 0.0955 e. The fourth-order valence-electron chi connectivity index (χ4n) is 1.89. The van der Waals surface area contributed by atoms with Crippen molar-refractivity contribution in [2.75, 3.05) is 5.32 Å². The van der Waals surface area contributed by atoms with Crippen molar-refractivity contribution in [3.63, 3.8) is 0 Å². The van der Waals surface area contributed by atoms with Crippen LogP contribution in [0.5, 0.6) is 0 Å². The molecule has 4 heteroatoms. The topological polar surface area (TPSA) is 53.9 Å². The first-order chi connectivity index (χ1) is 8.33. The van der Waals surface area contributed by atoms with E-state index in [1.54, 1.807) is 12.5 Å². The number of aromatic nitrogens is 2. The summed E-state index contributed by atoms with van der Waals surface area (Å²) in [6.07, 6.45) is 5.27. The minimum atomic E-state index is 0.220. The Labute approximate surface area is 98.6 Å². The molecule has 1 aromatic carbocycles. The lowest BCUT2D eigenvalue weighted by atomic mass is 10.1. The minimum absolute atomic E-state index is 0.220. The lowest BCUT2D eigenvalue weighted by Crippen LogP contribution is -2.05. The predicted molar refractivity (Wildman–Crippen MR) is 66.8 cm³/mol. The second-order valence-corrected chi connectivity index (χ2v) is 4.09. The summed E-state index contributed by atoms with van der Waals surface area (Å²) in [6.45, 7) is 2.10. The molecule has 3 rings (SSSR count). The summed E-state index contributed by atoms with van der Waals surface area (Å²) in [6, 6.07) is 8.32. The Balaban J connectivity index is 1.84. The van der Waals surface area contributed by atoms with Crippen molar-refractivity contribution >= 4 is 16.6 Å². The number of hydrogen-bond donors (Lipinski definition) is 2. The Bertz CT molecular complexity index is 612. The van der Waals surface area contributed by atoms with Gasteiger partial charge in [0.1, 0.15) is 0 Å². The van der Waals surface area contributed by atoms with Crippen molar-refractivity contribution in [1.29, 1.82) is 0 Å². The molecule has 0 spiro atoms. The summed E-state index contributed by atoms with van der Waals surface area (Å²) in [5, 5.41) is 11.5. The SMILES string of the molecule is CC(Nc1ccc2[nH]ncc2c1)c1ccoc1. The number of nitrogens with zero attached hydrogens (tertiary/aromatic N) is 1. The highest BCUT2D eigenvalue weighted by molar-refractivity contribution is 5.81. The highest BCUT2D eigenvalue weighted by Crippen LogP contribution is 2.22. The van der Waals surface area contributed by atoms with Gasteiger partial charge in [-0.15, -0.1) is 0 Å². The average molecular weight is 227 g/mol. The van der Waals surface area contributed by atoms with Gasteiger partial charge in [-0.2, -0.15) is 5.10 Å². The predicted octanol–water partition coefficient (Wildman–Crippen LogP) is 3.33. The van der Waals surface area contributed by atoms with Gasteiger partial charge in [0.15, 0.2) is 0 Å². The molecule has 0 saturated carbocycles. The zero-order chi connectivity index (χ0) is 11.7. The van der Waals surface area contributed by atoms with Gasteiger partial charge < -0.3 is 9.73 Å². The molecule has 86 valence electrons. The minimum Gasteiger partial charge on any atom is -0.472 e. The van der Waals surface area contributed by atoms with Crippen LogP contribution in [0.4, 0.5) is 5.69 Å². The van der Waals surface area contributed by atoms with E-state index in [0.29, 0.717) is 0 Å². The summed E-state index contributed by atoms with van der Waals surface area (Å²) < 4.78 is 5.08. The van der Waals surface area contributed by atoms with Crippen LogP contribution in [-0.2, 0) is 0 Å². The quantitative estimate of drug-likeness (QED) is 0.721. The third kappa shape index (κ3) is 1.89. The van der Waals surface area contributed by atoms with E-state index < -0.39 is 0 Å². The summed E-state index contributed by atoms with van der Waals surface area (Å²) in [5.41, 5.74) is 3.26. The Morgan fingerprint density at radius 2 is 2.29 bits per heavy atom. The molecule has 17 heavy (non-hydrogen) atoms. The molecule has 0 aliphatic rings. The number of furan rings is 1. The summed E-state index contributed by atoms with van der Waals surface area (Å²) in [4.78, 5) is 0. The molecule has 1 atom stereocenters. The standard InChI is InChI=1S/C13H13N3O/c1-9(10-4-5-17-8-10)15-12-2-3-13-11(6-12)7-14-16-13/h2-9,15H,1H3,(H,14,16). The maximum absolute atomic E-state index is 5.08. The number of fused-ring (bicyclic) bond motifs is 1. The van der Waals surface area contributed by atoms with Crippen LogP contribution in [-0.4, -0.2) is 10.2 Å². The van der Waals surface area contributed by atoms with Gasteiger partial charge in [-0.1, -0.05) is 0 Å². The molecular weight excluding hydrogens is 214 g/mol. The van der Waals surface area contributed by atoms with Crippen LogP contribution in [0.1, 0.15) is 18.5 Å². The van der Waals surface area contributed by atoms with Crippen LogP contribution in [0.2, 0.25) is 0 Å². The van der Waals surface area contributed by atoms with E-state index in [2.05, 4.69) is 28.5 Å². The third-order valence-corrected chi connectivity index (χ3v) is 2.87. The zero-order valence-electron chi connectivity index (χ0n) is 9.47. The number of rotatable bonds is 3. The van der Waals surface area contributed by atoms with Crippen molar-refractivity contribution in [3.8, 4) is 0 Å². The molecule has 0 radical (unpaired) electrons. The van der Waals surface area contributed by atoms with Crippen molar-refractivity contribution < 1.29 is 4.42 Å². The van der Waals surface area contributed by atoms with Crippen LogP contribution < -0.4 is 5.32 Å². The van der Waals surface area contributed by atoms with Gasteiger partial charge in [0.05, 0.1) is 30.3 Å². The first kappa shape index (κ1) is 9.96. The van der Waals surface area contributed by atoms with Crippen molar-refractivity contribution in [2.45, 2.75) is 13.0 Å². The van der Waals surface area contributed by atoms with Crippen LogP contribution in [0.3, 0.4) is 0 Å². The molecule has 3 aromatic rings. The van der Waals surface area contributed by atoms with E-state index in [1.807, 2.05) is 24.4 Å². The number of benzene rings is 1. The highest BCUT2D eigenvalue weighted by atomic mass is 16.3.